The molecule has 0 aromatic heterocycles. The van der Waals surface area contributed by atoms with Crippen LogP contribution in [-0.4, -0.2) is 23.7 Å². The third kappa shape index (κ3) is 1.50. The van der Waals surface area contributed by atoms with Gasteiger partial charge in [-0.15, -0.1) is 0 Å². The number of rotatable bonds is 2. The molecule has 0 spiro atoms. The number of hydrogen-bond acceptors (Lipinski definition) is 4. The van der Waals surface area contributed by atoms with Gasteiger partial charge in [-0.05, 0) is 6.07 Å². The molecule has 5 nitrogen and oxygen atoms in total. The molecule has 0 unspecified atom stereocenters. The largest absolute Gasteiger partial charge is 0.475 e. The number of Topliss-reactive ketones (excluding diaryl/α,β-unsaturated/α-hetero) is 1. The third-order valence-electron chi connectivity index (χ3n) is 1.90. The van der Waals surface area contributed by atoms with Gasteiger partial charge in [0, 0.05) is 6.07 Å². The van der Waals surface area contributed by atoms with Crippen molar-refractivity contribution in [1.29, 1.82) is 0 Å². The van der Waals surface area contributed by atoms with E-state index in [2.05, 4.69) is 0 Å². The highest BCUT2D eigenvalue weighted by atomic mass is 19.1. The number of benzene rings is 1. The minimum Gasteiger partial charge on any atom is -0.475 e. The molecule has 2 rings (SSSR count). The van der Waals surface area contributed by atoms with E-state index in [1.807, 2.05) is 0 Å². The van der Waals surface area contributed by atoms with Crippen LogP contribution in [0.4, 0.5) is 4.39 Å². The fraction of sp³-hybridized carbons (Fsp3) is 0.111. The summed E-state index contributed by atoms with van der Waals surface area (Å²) in [5, 5.41) is 8.42. The Kier molecular flexibility index (Phi) is 2.03. The second kappa shape index (κ2) is 3.23. The highest BCUT2D eigenvalue weighted by Gasteiger charge is 2.24. The van der Waals surface area contributed by atoms with Crippen LogP contribution in [0.15, 0.2) is 12.1 Å². The van der Waals surface area contributed by atoms with Gasteiger partial charge in [0.15, 0.2) is 11.5 Å². The first kappa shape index (κ1) is 9.45. The SMILES string of the molecule is O=C(O)C(=O)c1cc2c(cc1F)OCO2. The molecule has 0 radical (unpaired) electrons. The number of hydrogen-bond donors (Lipinski definition) is 1. The maximum Gasteiger partial charge on any atom is 0.377 e. The predicted molar refractivity (Wildman–Crippen MR) is 44.5 cm³/mol. The molecule has 1 aromatic rings. The molecule has 0 saturated heterocycles. The maximum absolute atomic E-state index is 13.2. The normalized spacial score (nSPS) is 12.6. The van der Waals surface area contributed by atoms with E-state index in [9.17, 15) is 14.0 Å². The van der Waals surface area contributed by atoms with Crippen molar-refractivity contribution in [3.63, 3.8) is 0 Å². The third-order valence-corrected chi connectivity index (χ3v) is 1.90. The summed E-state index contributed by atoms with van der Waals surface area (Å²) >= 11 is 0. The van der Waals surface area contributed by atoms with E-state index in [4.69, 9.17) is 14.6 Å². The van der Waals surface area contributed by atoms with Gasteiger partial charge in [-0.2, -0.15) is 0 Å². The summed E-state index contributed by atoms with van der Waals surface area (Å²) in [6, 6.07) is 1.95. The monoisotopic (exact) mass is 212 g/mol. The molecule has 1 aliphatic heterocycles. The quantitative estimate of drug-likeness (QED) is 0.580. The van der Waals surface area contributed by atoms with Crippen LogP contribution in [0.3, 0.4) is 0 Å². The zero-order valence-electron chi connectivity index (χ0n) is 7.32. The lowest BCUT2D eigenvalue weighted by Crippen LogP contribution is -2.14. The highest BCUT2D eigenvalue weighted by Crippen LogP contribution is 2.34. The summed E-state index contributed by atoms with van der Waals surface area (Å²) in [5.74, 6) is -3.64. The molecule has 0 bridgehead atoms. The van der Waals surface area contributed by atoms with Gasteiger partial charge in [0.25, 0.3) is 5.78 Å². The van der Waals surface area contributed by atoms with Gasteiger partial charge in [0.05, 0.1) is 5.56 Å². The van der Waals surface area contributed by atoms with Crippen molar-refractivity contribution in [2.75, 3.05) is 6.79 Å². The lowest BCUT2D eigenvalue weighted by atomic mass is 10.1. The van der Waals surface area contributed by atoms with Crippen LogP contribution in [0, 0.1) is 5.82 Å². The first-order chi connectivity index (χ1) is 7.09. The van der Waals surface area contributed by atoms with Crippen LogP contribution in [-0.2, 0) is 4.79 Å². The molecular formula is C9H5FO5. The number of halogens is 1. The number of carboxylic acids is 1. The first-order valence-electron chi connectivity index (χ1n) is 3.96. The van der Waals surface area contributed by atoms with Crippen molar-refractivity contribution >= 4 is 11.8 Å². The van der Waals surface area contributed by atoms with Gasteiger partial charge in [0.2, 0.25) is 6.79 Å². The second-order valence-corrected chi connectivity index (χ2v) is 2.82. The van der Waals surface area contributed by atoms with Gasteiger partial charge in [-0.3, -0.25) is 4.79 Å². The molecule has 0 amide bonds. The van der Waals surface area contributed by atoms with Crippen LogP contribution in [0.25, 0.3) is 0 Å². The number of carbonyl (C=O) groups excluding carboxylic acids is 1. The minimum absolute atomic E-state index is 0.0700. The van der Waals surface area contributed by atoms with Gasteiger partial charge >= 0.3 is 5.97 Å². The van der Waals surface area contributed by atoms with Crippen LogP contribution >= 0.6 is 0 Å². The summed E-state index contributed by atoms with van der Waals surface area (Å²) in [5.41, 5.74) is -0.535. The van der Waals surface area contributed by atoms with Gasteiger partial charge in [0.1, 0.15) is 5.82 Å². The Bertz CT molecular complexity index is 454. The highest BCUT2D eigenvalue weighted by molar-refractivity contribution is 6.40. The second-order valence-electron chi connectivity index (χ2n) is 2.82. The average molecular weight is 212 g/mol. The average Bonchev–Trinajstić information content (AvgIpc) is 2.62. The fourth-order valence-corrected chi connectivity index (χ4v) is 1.21. The summed E-state index contributed by atoms with van der Waals surface area (Å²) in [7, 11) is 0. The summed E-state index contributed by atoms with van der Waals surface area (Å²) in [6.45, 7) is -0.0700. The first-order valence-corrected chi connectivity index (χ1v) is 3.96. The maximum atomic E-state index is 13.2. The van der Waals surface area contributed by atoms with Crippen molar-refractivity contribution in [2.24, 2.45) is 0 Å². The van der Waals surface area contributed by atoms with Crippen molar-refractivity contribution in [3.05, 3.63) is 23.5 Å². The van der Waals surface area contributed by atoms with Crippen molar-refractivity contribution in [1.82, 2.24) is 0 Å². The summed E-state index contributed by atoms with van der Waals surface area (Å²) < 4.78 is 23.0. The Hall–Kier alpha value is -2.11. The zero-order valence-corrected chi connectivity index (χ0v) is 7.32. The minimum atomic E-state index is -1.72. The van der Waals surface area contributed by atoms with E-state index in [1.54, 1.807) is 0 Å². The number of aliphatic carboxylic acids is 1. The fourth-order valence-electron chi connectivity index (χ4n) is 1.21. The molecule has 1 aliphatic rings. The molecule has 0 saturated carbocycles. The van der Waals surface area contributed by atoms with Gasteiger partial charge < -0.3 is 14.6 Å². The topological polar surface area (TPSA) is 72.8 Å². The Morgan fingerprint density at radius 2 is 1.87 bits per heavy atom. The number of ether oxygens (including phenoxy) is 2. The van der Waals surface area contributed by atoms with Crippen LogP contribution in [0.2, 0.25) is 0 Å². The van der Waals surface area contributed by atoms with Gasteiger partial charge in [-0.1, -0.05) is 0 Å². The van der Waals surface area contributed by atoms with Crippen molar-refractivity contribution < 1.29 is 28.6 Å². The lowest BCUT2D eigenvalue weighted by Gasteiger charge is -2.00. The zero-order chi connectivity index (χ0) is 11.0. The Morgan fingerprint density at radius 3 is 2.47 bits per heavy atom. The number of fused-ring (bicyclic) bond motifs is 1. The van der Waals surface area contributed by atoms with Gasteiger partial charge in [-0.25, -0.2) is 9.18 Å². The Labute approximate surface area is 83.0 Å². The van der Waals surface area contributed by atoms with E-state index >= 15 is 0 Å². The van der Waals surface area contributed by atoms with Crippen LogP contribution in [0.5, 0.6) is 11.5 Å². The molecule has 78 valence electrons. The molecule has 0 atom stereocenters. The van der Waals surface area contributed by atoms with E-state index in [-0.39, 0.29) is 18.3 Å². The lowest BCUT2D eigenvalue weighted by molar-refractivity contribution is -0.131. The Morgan fingerprint density at radius 1 is 1.27 bits per heavy atom. The number of carboxylic acid groups (broad SMARTS) is 1. The molecule has 1 N–H and O–H groups in total. The molecule has 0 fully saturated rings. The number of ketones is 1. The predicted octanol–water partition coefficient (Wildman–Crippen LogP) is 0.822. The molecule has 1 aromatic carbocycles. The Balaban J connectivity index is 2.49. The molecule has 1 heterocycles. The van der Waals surface area contributed by atoms with E-state index < -0.39 is 23.1 Å². The van der Waals surface area contributed by atoms with Crippen LogP contribution in [0.1, 0.15) is 10.4 Å². The molecule has 0 aliphatic carbocycles. The van der Waals surface area contributed by atoms with E-state index in [0.717, 1.165) is 12.1 Å². The summed E-state index contributed by atoms with van der Waals surface area (Å²) in [6.07, 6.45) is 0. The van der Waals surface area contributed by atoms with E-state index in [0.29, 0.717) is 0 Å². The summed E-state index contributed by atoms with van der Waals surface area (Å²) in [4.78, 5) is 21.4. The van der Waals surface area contributed by atoms with Crippen molar-refractivity contribution in [3.8, 4) is 11.5 Å². The van der Waals surface area contributed by atoms with Crippen molar-refractivity contribution in [2.45, 2.75) is 0 Å². The molecular weight excluding hydrogens is 207 g/mol. The molecule has 15 heavy (non-hydrogen) atoms. The number of carbonyl (C=O) groups is 2. The molecule has 6 heteroatoms. The van der Waals surface area contributed by atoms with Crippen LogP contribution < -0.4 is 9.47 Å². The standard InChI is InChI=1S/C9H5FO5/c10-5-2-7-6(14-3-15-7)1-4(5)8(11)9(12)13/h1-2H,3H2,(H,12,13). The van der Waals surface area contributed by atoms with E-state index in [1.165, 1.54) is 0 Å². The smallest absolute Gasteiger partial charge is 0.377 e.